The summed E-state index contributed by atoms with van der Waals surface area (Å²) in [6.07, 6.45) is 8.94. The number of pyridine rings is 1. The number of halogens is 1. The molecule has 1 saturated carbocycles. The Balaban J connectivity index is 0.000000162. The minimum Gasteiger partial charge on any atom is -0.496 e. The third-order valence-electron chi connectivity index (χ3n) is 4.81. The number of benzene rings is 1. The van der Waals surface area contributed by atoms with Gasteiger partial charge in [0.25, 0.3) is 0 Å². The predicted octanol–water partition coefficient (Wildman–Crippen LogP) is 3.21. The van der Waals surface area contributed by atoms with E-state index in [1.165, 1.54) is 6.07 Å². The van der Waals surface area contributed by atoms with Crippen molar-refractivity contribution in [1.29, 1.82) is 0 Å². The van der Waals surface area contributed by atoms with Gasteiger partial charge in [-0.1, -0.05) is 0 Å². The number of carbonyl (C=O) groups is 1. The lowest BCUT2D eigenvalue weighted by atomic mass is 10.0. The molecule has 1 fully saturated rings. The van der Waals surface area contributed by atoms with Crippen LogP contribution in [-0.2, 0) is 6.42 Å². The summed E-state index contributed by atoms with van der Waals surface area (Å²) in [4.78, 5) is 14.3. The summed E-state index contributed by atoms with van der Waals surface area (Å²) in [6, 6.07) is 9.98. The summed E-state index contributed by atoms with van der Waals surface area (Å²) in [7, 11) is 3.58. The van der Waals surface area contributed by atoms with Crippen LogP contribution in [0.1, 0.15) is 28.9 Å². The fraction of sp³-hybridized carbons (Fsp3) is 0.286. The largest absolute Gasteiger partial charge is 0.496 e. The third kappa shape index (κ3) is 4.80. The quantitative estimate of drug-likeness (QED) is 0.663. The van der Waals surface area contributed by atoms with Crippen molar-refractivity contribution in [2.24, 2.45) is 0 Å². The molecule has 0 unspecified atom stereocenters. The van der Waals surface area contributed by atoms with Crippen molar-refractivity contribution in [3.63, 3.8) is 0 Å². The first-order chi connectivity index (χ1) is 13.6. The number of aromatic nitrogens is 3. The zero-order chi connectivity index (χ0) is 20.0. The molecule has 1 aliphatic rings. The summed E-state index contributed by atoms with van der Waals surface area (Å²) in [6.45, 7) is 0. The molecule has 0 aliphatic heterocycles. The van der Waals surface area contributed by atoms with E-state index in [0.717, 1.165) is 36.3 Å². The molecule has 0 amide bonds. The molecule has 0 radical (unpaired) electrons. The molecule has 2 heterocycles. The molecule has 1 N–H and O–H groups in total. The van der Waals surface area contributed by atoms with Gasteiger partial charge in [-0.2, -0.15) is 5.10 Å². The molecule has 4 rings (SSSR count). The normalized spacial score (nSPS) is 14.0. The Morgan fingerprint density at radius 3 is 2.71 bits per heavy atom. The molecule has 28 heavy (non-hydrogen) atoms. The number of hydrogen-bond acceptors (Lipinski definition) is 5. The van der Waals surface area contributed by atoms with Crippen LogP contribution in [0.3, 0.4) is 0 Å². The first-order valence-corrected chi connectivity index (χ1v) is 9.02. The molecular formula is C21H23FN4O2. The SMILES string of the molecule is CNC1(Cc2cc(F)ccc2OC)CC1.O=Cc1cc(-n2cccn2)ccn1. The van der Waals surface area contributed by atoms with Crippen molar-refractivity contribution in [3.8, 4) is 11.4 Å². The average Bonchev–Trinajstić information content (AvgIpc) is 3.28. The van der Waals surface area contributed by atoms with E-state index in [2.05, 4.69) is 15.4 Å². The van der Waals surface area contributed by atoms with Gasteiger partial charge in [0.2, 0.25) is 0 Å². The number of methoxy groups -OCH3 is 1. The van der Waals surface area contributed by atoms with E-state index in [0.29, 0.717) is 12.0 Å². The van der Waals surface area contributed by atoms with Gasteiger partial charge in [-0.05, 0) is 68.3 Å². The van der Waals surface area contributed by atoms with Gasteiger partial charge in [0.05, 0.1) is 12.8 Å². The van der Waals surface area contributed by atoms with Crippen LogP contribution in [0.4, 0.5) is 4.39 Å². The molecule has 6 nitrogen and oxygen atoms in total. The lowest BCUT2D eigenvalue weighted by molar-refractivity contribution is 0.111. The van der Waals surface area contributed by atoms with Crippen LogP contribution in [0.25, 0.3) is 5.69 Å². The second-order valence-electron chi connectivity index (χ2n) is 6.67. The maximum absolute atomic E-state index is 13.1. The van der Waals surface area contributed by atoms with E-state index in [1.807, 2.05) is 19.3 Å². The highest BCUT2D eigenvalue weighted by molar-refractivity contribution is 5.72. The lowest BCUT2D eigenvalue weighted by Crippen LogP contribution is -2.29. The minimum absolute atomic E-state index is 0.182. The Kier molecular flexibility index (Phi) is 6.16. The highest BCUT2D eigenvalue weighted by Crippen LogP contribution is 2.40. The number of ether oxygens (including phenoxy) is 1. The second kappa shape index (κ2) is 8.75. The summed E-state index contributed by atoms with van der Waals surface area (Å²) >= 11 is 0. The van der Waals surface area contributed by atoms with E-state index in [1.54, 1.807) is 48.5 Å². The fourth-order valence-electron chi connectivity index (χ4n) is 2.98. The topological polar surface area (TPSA) is 69.0 Å². The summed E-state index contributed by atoms with van der Waals surface area (Å²) in [5.41, 5.74) is 2.38. The van der Waals surface area contributed by atoms with Gasteiger partial charge in [-0.15, -0.1) is 0 Å². The Hall–Kier alpha value is -3.06. The summed E-state index contributed by atoms with van der Waals surface area (Å²) in [5, 5.41) is 7.33. The van der Waals surface area contributed by atoms with Crippen LogP contribution in [0, 0.1) is 5.82 Å². The number of hydrogen-bond donors (Lipinski definition) is 1. The van der Waals surface area contributed by atoms with Gasteiger partial charge in [0, 0.05) is 24.1 Å². The molecule has 0 bridgehead atoms. The highest BCUT2D eigenvalue weighted by Gasteiger charge is 2.41. The van der Waals surface area contributed by atoms with E-state index >= 15 is 0 Å². The van der Waals surface area contributed by atoms with Crippen LogP contribution >= 0.6 is 0 Å². The molecule has 7 heteroatoms. The fourth-order valence-corrected chi connectivity index (χ4v) is 2.98. The minimum atomic E-state index is -0.197. The molecule has 146 valence electrons. The second-order valence-corrected chi connectivity index (χ2v) is 6.67. The van der Waals surface area contributed by atoms with Crippen molar-refractivity contribution >= 4 is 6.29 Å². The van der Waals surface area contributed by atoms with Crippen LogP contribution in [0.2, 0.25) is 0 Å². The Morgan fingerprint density at radius 1 is 1.29 bits per heavy atom. The number of likely N-dealkylation sites (N-methyl/N-ethyl adjacent to an activating group) is 1. The molecule has 0 atom stereocenters. The molecule has 1 aliphatic carbocycles. The van der Waals surface area contributed by atoms with Crippen LogP contribution in [0.5, 0.6) is 5.75 Å². The number of carbonyl (C=O) groups excluding carboxylic acids is 1. The van der Waals surface area contributed by atoms with Gasteiger partial charge >= 0.3 is 0 Å². The lowest BCUT2D eigenvalue weighted by Gasteiger charge is -2.16. The van der Waals surface area contributed by atoms with E-state index in [9.17, 15) is 9.18 Å². The zero-order valence-electron chi connectivity index (χ0n) is 15.9. The molecule has 1 aromatic carbocycles. The zero-order valence-corrected chi connectivity index (χ0v) is 15.9. The number of aldehydes is 1. The summed E-state index contributed by atoms with van der Waals surface area (Å²) in [5.74, 6) is 0.579. The average molecular weight is 382 g/mol. The third-order valence-corrected chi connectivity index (χ3v) is 4.81. The first-order valence-electron chi connectivity index (χ1n) is 9.02. The van der Waals surface area contributed by atoms with Crippen LogP contribution in [0.15, 0.2) is 55.0 Å². The maximum Gasteiger partial charge on any atom is 0.168 e. The first kappa shape index (κ1) is 19.7. The highest BCUT2D eigenvalue weighted by atomic mass is 19.1. The Morgan fingerprint density at radius 2 is 2.11 bits per heavy atom. The van der Waals surface area contributed by atoms with Crippen molar-refractivity contribution < 1.29 is 13.9 Å². The predicted molar refractivity (Wildman–Crippen MR) is 104 cm³/mol. The standard InChI is InChI=1S/C12H16FNO.C9H7N3O/c1-14-12(5-6-12)8-9-7-10(13)3-4-11(9)15-2;13-7-8-6-9(2-4-10-8)12-5-1-3-11-12/h3-4,7,14H,5-6,8H2,1-2H3;1-7H. The molecule has 2 aromatic heterocycles. The van der Waals surface area contributed by atoms with E-state index < -0.39 is 0 Å². The van der Waals surface area contributed by atoms with Crippen LogP contribution < -0.4 is 10.1 Å². The van der Waals surface area contributed by atoms with E-state index in [4.69, 9.17) is 4.74 Å². The van der Waals surface area contributed by atoms with Crippen molar-refractivity contribution in [1.82, 2.24) is 20.1 Å². The van der Waals surface area contributed by atoms with Gasteiger partial charge in [0.1, 0.15) is 17.3 Å². The number of nitrogens with one attached hydrogen (secondary N) is 1. The van der Waals surface area contributed by atoms with E-state index in [-0.39, 0.29) is 11.4 Å². The van der Waals surface area contributed by atoms with Crippen LogP contribution in [-0.4, -0.2) is 40.7 Å². The monoisotopic (exact) mass is 382 g/mol. The van der Waals surface area contributed by atoms with Gasteiger partial charge < -0.3 is 10.1 Å². The maximum atomic E-state index is 13.1. The Labute approximate surface area is 163 Å². The van der Waals surface area contributed by atoms with Crippen molar-refractivity contribution in [3.05, 3.63) is 72.1 Å². The molecule has 0 spiro atoms. The molecule has 0 saturated heterocycles. The molecule has 3 aromatic rings. The van der Waals surface area contributed by atoms with Gasteiger partial charge in [0.15, 0.2) is 6.29 Å². The van der Waals surface area contributed by atoms with Crippen molar-refractivity contribution in [2.45, 2.75) is 24.8 Å². The van der Waals surface area contributed by atoms with Gasteiger partial charge in [-0.25, -0.2) is 9.07 Å². The Bertz CT molecular complexity index is 924. The number of nitrogens with zero attached hydrogens (tertiary/aromatic N) is 3. The van der Waals surface area contributed by atoms with Crippen molar-refractivity contribution in [2.75, 3.05) is 14.2 Å². The number of rotatable bonds is 6. The summed E-state index contributed by atoms with van der Waals surface area (Å²) < 4.78 is 20.0. The molecular weight excluding hydrogens is 359 g/mol. The smallest absolute Gasteiger partial charge is 0.168 e. The van der Waals surface area contributed by atoms with Gasteiger partial charge in [-0.3, -0.25) is 9.78 Å².